The molecule has 1 nitrogen and oxygen atoms in total. The van der Waals surface area contributed by atoms with Gasteiger partial charge in [0.15, 0.2) is 11.6 Å². The van der Waals surface area contributed by atoms with Crippen LogP contribution in [0, 0.1) is 11.6 Å². The molecule has 0 radical (unpaired) electrons. The zero-order chi connectivity index (χ0) is 18.3. The lowest BCUT2D eigenvalue weighted by Gasteiger charge is -2.39. The van der Waals surface area contributed by atoms with Crippen LogP contribution in [0.1, 0.15) is 75.8 Å². The Balaban J connectivity index is 2.47. The van der Waals surface area contributed by atoms with Crippen LogP contribution in [0.15, 0.2) is 25.3 Å². The molecule has 1 saturated carbocycles. The predicted octanol–water partition coefficient (Wildman–Crippen LogP) is 6.95. The van der Waals surface area contributed by atoms with Crippen LogP contribution < -0.4 is 4.74 Å². The molecule has 1 aliphatic carbocycles. The standard InChI is InChI=1S/C22H30F2O/c1-4-7-9-12-22(13-10-8-11-14-22)18-16-17(6-3)21(25-15-5-2)20(24)19(18)23/h5-6,16H,2-4,7-15H2,1H3. The van der Waals surface area contributed by atoms with Crippen molar-refractivity contribution in [3.05, 3.63) is 48.1 Å². The third-order valence-electron chi connectivity index (χ3n) is 5.40. The summed E-state index contributed by atoms with van der Waals surface area (Å²) in [6.45, 7) is 9.62. The highest BCUT2D eigenvalue weighted by Crippen LogP contribution is 2.46. The largest absolute Gasteiger partial charge is 0.486 e. The van der Waals surface area contributed by atoms with Crippen molar-refractivity contribution in [2.24, 2.45) is 0 Å². The number of hydrogen-bond donors (Lipinski definition) is 0. The van der Waals surface area contributed by atoms with Gasteiger partial charge in [0.05, 0.1) is 0 Å². The minimum absolute atomic E-state index is 0.0596. The van der Waals surface area contributed by atoms with Gasteiger partial charge < -0.3 is 4.74 Å². The first kappa shape index (κ1) is 19.7. The van der Waals surface area contributed by atoms with E-state index in [-0.39, 0.29) is 17.8 Å². The van der Waals surface area contributed by atoms with E-state index in [2.05, 4.69) is 20.1 Å². The van der Waals surface area contributed by atoms with E-state index in [0.717, 1.165) is 51.4 Å². The second-order valence-corrected chi connectivity index (χ2v) is 7.07. The highest BCUT2D eigenvalue weighted by Gasteiger charge is 2.37. The smallest absolute Gasteiger partial charge is 0.201 e. The molecule has 0 spiro atoms. The number of rotatable bonds is 9. The summed E-state index contributed by atoms with van der Waals surface area (Å²) >= 11 is 0. The molecule has 0 unspecified atom stereocenters. The van der Waals surface area contributed by atoms with Crippen LogP contribution in [-0.4, -0.2) is 6.61 Å². The van der Waals surface area contributed by atoms with Gasteiger partial charge in [0, 0.05) is 5.56 Å². The fourth-order valence-electron chi connectivity index (χ4n) is 4.05. The van der Waals surface area contributed by atoms with Crippen LogP contribution in [0.3, 0.4) is 0 Å². The van der Waals surface area contributed by atoms with Crippen LogP contribution in [-0.2, 0) is 5.41 Å². The van der Waals surface area contributed by atoms with Gasteiger partial charge in [-0.05, 0) is 36.3 Å². The second-order valence-electron chi connectivity index (χ2n) is 7.07. The monoisotopic (exact) mass is 348 g/mol. The van der Waals surface area contributed by atoms with Crippen molar-refractivity contribution in [2.75, 3.05) is 6.61 Å². The molecule has 25 heavy (non-hydrogen) atoms. The summed E-state index contributed by atoms with van der Waals surface area (Å²) in [6, 6.07) is 1.76. The van der Waals surface area contributed by atoms with Gasteiger partial charge in [-0.15, -0.1) is 0 Å². The van der Waals surface area contributed by atoms with E-state index >= 15 is 4.39 Å². The van der Waals surface area contributed by atoms with Gasteiger partial charge in [-0.2, -0.15) is 4.39 Å². The molecule has 0 bridgehead atoms. The number of unbranched alkanes of at least 4 members (excludes halogenated alkanes) is 2. The molecule has 2 rings (SSSR count). The Morgan fingerprint density at radius 3 is 2.44 bits per heavy atom. The molecule has 0 heterocycles. The maximum atomic E-state index is 15.0. The quantitative estimate of drug-likeness (QED) is 0.346. The lowest BCUT2D eigenvalue weighted by Crippen LogP contribution is -2.31. The molecule has 0 atom stereocenters. The van der Waals surface area contributed by atoms with Gasteiger partial charge >= 0.3 is 0 Å². The van der Waals surface area contributed by atoms with E-state index < -0.39 is 11.6 Å². The predicted molar refractivity (Wildman–Crippen MR) is 101 cm³/mol. The number of benzene rings is 1. The Hall–Kier alpha value is -1.64. The Morgan fingerprint density at radius 1 is 1.12 bits per heavy atom. The van der Waals surface area contributed by atoms with Crippen molar-refractivity contribution in [1.82, 2.24) is 0 Å². The van der Waals surface area contributed by atoms with Crippen molar-refractivity contribution < 1.29 is 13.5 Å². The molecular formula is C22H30F2O. The van der Waals surface area contributed by atoms with Gasteiger partial charge in [-0.1, -0.05) is 70.8 Å². The average molecular weight is 348 g/mol. The van der Waals surface area contributed by atoms with E-state index in [1.54, 1.807) is 12.1 Å². The van der Waals surface area contributed by atoms with Gasteiger partial charge in [0.25, 0.3) is 0 Å². The summed E-state index contributed by atoms with van der Waals surface area (Å²) in [6.07, 6.45) is 12.5. The summed E-state index contributed by atoms with van der Waals surface area (Å²) < 4.78 is 35.2. The van der Waals surface area contributed by atoms with E-state index in [1.807, 2.05) is 0 Å². The Morgan fingerprint density at radius 2 is 1.84 bits per heavy atom. The normalized spacial score (nSPS) is 16.4. The molecule has 0 aliphatic heterocycles. The van der Waals surface area contributed by atoms with E-state index in [0.29, 0.717) is 11.1 Å². The van der Waals surface area contributed by atoms with Crippen LogP contribution in [0.25, 0.3) is 6.08 Å². The van der Waals surface area contributed by atoms with Crippen molar-refractivity contribution in [3.63, 3.8) is 0 Å². The Kier molecular flexibility index (Phi) is 7.22. The molecule has 1 aliphatic rings. The number of hydrogen-bond acceptors (Lipinski definition) is 1. The Bertz CT molecular complexity index is 601. The van der Waals surface area contributed by atoms with Gasteiger partial charge in [-0.25, -0.2) is 4.39 Å². The van der Waals surface area contributed by atoms with Crippen molar-refractivity contribution in [3.8, 4) is 5.75 Å². The topological polar surface area (TPSA) is 9.23 Å². The highest BCUT2D eigenvalue weighted by molar-refractivity contribution is 5.59. The molecule has 1 aromatic rings. The molecule has 3 heteroatoms. The lowest BCUT2D eigenvalue weighted by atomic mass is 9.66. The van der Waals surface area contributed by atoms with E-state index in [1.165, 1.54) is 12.5 Å². The molecular weight excluding hydrogens is 318 g/mol. The lowest BCUT2D eigenvalue weighted by molar-refractivity contribution is 0.252. The summed E-state index contributed by atoms with van der Waals surface area (Å²) in [5.74, 6) is -1.70. The average Bonchev–Trinajstić information content (AvgIpc) is 2.63. The van der Waals surface area contributed by atoms with Crippen molar-refractivity contribution in [1.29, 1.82) is 0 Å². The van der Waals surface area contributed by atoms with Gasteiger partial charge in [0.1, 0.15) is 6.61 Å². The first-order valence-corrected chi connectivity index (χ1v) is 9.48. The first-order valence-electron chi connectivity index (χ1n) is 9.48. The highest BCUT2D eigenvalue weighted by atomic mass is 19.2. The van der Waals surface area contributed by atoms with Gasteiger partial charge in [0.2, 0.25) is 5.82 Å². The third-order valence-corrected chi connectivity index (χ3v) is 5.40. The summed E-state index contributed by atoms with van der Waals surface area (Å²) in [5.41, 5.74) is 0.783. The molecule has 1 aromatic carbocycles. The zero-order valence-electron chi connectivity index (χ0n) is 15.4. The Labute approximate surface area is 150 Å². The number of halogens is 2. The first-order chi connectivity index (χ1) is 12.1. The number of ether oxygens (including phenoxy) is 1. The van der Waals surface area contributed by atoms with Crippen molar-refractivity contribution >= 4 is 6.08 Å². The van der Waals surface area contributed by atoms with Crippen LogP contribution in [0.4, 0.5) is 8.78 Å². The maximum absolute atomic E-state index is 15.0. The summed E-state index contributed by atoms with van der Waals surface area (Å²) in [5, 5.41) is 0. The second kappa shape index (κ2) is 9.17. The van der Waals surface area contributed by atoms with E-state index in [4.69, 9.17) is 4.74 Å². The van der Waals surface area contributed by atoms with Crippen molar-refractivity contribution in [2.45, 2.75) is 70.1 Å². The minimum Gasteiger partial charge on any atom is -0.486 e. The SMILES string of the molecule is C=CCOc1c(C=C)cc(C2(CCCCC)CCCCC2)c(F)c1F. The summed E-state index contributed by atoms with van der Waals surface area (Å²) in [7, 11) is 0. The fraction of sp³-hybridized carbons (Fsp3) is 0.545. The molecule has 0 amide bonds. The molecule has 1 fully saturated rings. The van der Waals surface area contributed by atoms with E-state index in [9.17, 15) is 4.39 Å². The molecule has 0 N–H and O–H groups in total. The summed E-state index contributed by atoms with van der Waals surface area (Å²) in [4.78, 5) is 0. The fourth-order valence-corrected chi connectivity index (χ4v) is 4.05. The van der Waals surface area contributed by atoms with Crippen LogP contribution >= 0.6 is 0 Å². The van der Waals surface area contributed by atoms with Crippen LogP contribution in [0.5, 0.6) is 5.75 Å². The molecule has 0 aromatic heterocycles. The maximum Gasteiger partial charge on any atom is 0.201 e. The molecule has 0 saturated heterocycles. The third kappa shape index (κ3) is 4.31. The zero-order valence-corrected chi connectivity index (χ0v) is 15.4. The van der Waals surface area contributed by atoms with Gasteiger partial charge in [-0.3, -0.25) is 0 Å². The van der Waals surface area contributed by atoms with Crippen LogP contribution in [0.2, 0.25) is 0 Å². The minimum atomic E-state index is -0.894. The molecule has 138 valence electrons.